The molecule has 6 heteroatoms. The first kappa shape index (κ1) is 11.5. The van der Waals surface area contributed by atoms with Gasteiger partial charge in [-0.25, -0.2) is 4.39 Å². The van der Waals surface area contributed by atoms with Crippen LogP contribution in [0.5, 0.6) is 0 Å². The maximum Gasteiger partial charge on any atom is 0.326 e. The lowest BCUT2D eigenvalue weighted by Gasteiger charge is -2.12. The molecule has 0 heterocycles. The van der Waals surface area contributed by atoms with Crippen LogP contribution in [0.3, 0.4) is 0 Å². The van der Waals surface area contributed by atoms with Crippen molar-refractivity contribution in [1.82, 2.24) is 5.34 Å². The summed E-state index contributed by atoms with van der Waals surface area (Å²) in [6, 6.07) is 3.20. The molecule has 1 atom stereocenters. The molecule has 0 spiro atoms. The van der Waals surface area contributed by atoms with Crippen molar-refractivity contribution in [2.75, 3.05) is 0 Å². The van der Waals surface area contributed by atoms with Crippen LogP contribution in [0, 0.1) is 5.82 Å². The highest BCUT2D eigenvalue weighted by Gasteiger charge is 2.27. The summed E-state index contributed by atoms with van der Waals surface area (Å²) in [6.45, 7) is 0. The number of hydrogen-bond donors (Lipinski definition) is 1. The van der Waals surface area contributed by atoms with E-state index in [1.165, 1.54) is 18.2 Å². The number of nitrogens with zero attached hydrogens (tertiary/aromatic N) is 1. The zero-order valence-electron chi connectivity index (χ0n) is 7.53. The summed E-state index contributed by atoms with van der Waals surface area (Å²) < 4.78 is 37.2. The molecule has 1 N–H and O–H groups in total. The molecule has 0 saturated heterocycles. The maximum absolute atomic E-state index is 13.0. The van der Waals surface area contributed by atoms with Crippen LogP contribution in [0.1, 0.15) is 5.56 Å². The van der Waals surface area contributed by atoms with Crippen molar-refractivity contribution in [3.8, 4) is 0 Å². The Morgan fingerprint density at radius 2 is 2.00 bits per heavy atom. The van der Waals surface area contributed by atoms with Gasteiger partial charge < -0.3 is 5.11 Å². The number of benzene rings is 1. The third-order valence-electron chi connectivity index (χ3n) is 1.89. The Hall–Kier alpha value is -1.56. The molecule has 0 bridgehead atoms. The fourth-order valence-electron chi connectivity index (χ4n) is 1.11. The van der Waals surface area contributed by atoms with E-state index in [2.05, 4.69) is 0 Å². The number of aliphatic carboxylic acids is 1. The van der Waals surface area contributed by atoms with Crippen LogP contribution >= 0.6 is 0 Å². The molecule has 82 valence electrons. The average molecular weight is 219 g/mol. The molecule has 1 aromatic carbocycles. The van der Waals surface area contributed by atoms with Crippen molar-refractivity contribution in [1.29, 1.82) is 0 Å². The predicted molar refractivity (Wildman–Crippen MR) is 45.6 cm³/mol. The molecule has 0 aliphatic rings. The second-order valence-corrected chi connectivity index (χ2v) is 2.91. The first-order chi connectivity index (χ1) is 7.02. The number of rotatable bonds is 4. The van der Waals surface area contributed by atoms with Crippen molar-refractivity contribution < 1.29 is 23.3 Å². The van der Waals surface area contributed by atoms with Crippen molar-refractivity contribution in [2.45, 2.75) is 12.5 Å². The van der Waals surface area contributed by atoms with Crippen LogP contribution in [-0.2, 0) is 11.2 Å². The Morgan fingerprint density at radius 3 is 2.47 bits per heavy atom. The van der Waals surface area contributed by atoms with E-state index in [0.717, 1.165) is 6.07 Å². The van der Waals surface area contributed by atoms with Crippen LogP contribution in [0.4, 0.5) is 13.4 Å². The molecule has 0 aromatic heterocycles. The van der Waals surface area contributed by atoms with Crippen LogP contribution in [0.25, 0.3) is 0 Å². The molecule has 3 nitrogen and oxygen atoms in total. The van der Waals surface area contributed by atoms with Crippen LogP contribution in [0.2, 0.25) is 0 Å². The van der Waals surface area contributed by atoms with Crippen molar-refractivity contribution in [3.05, 3.63) is 35.6 Å². The molecule has 0 saturated carbocycles. The Kier molecular flexibility index (Phi) is 3.68. The number of hydrogen-bond acceptors (Lipinski definition) is 2. The lowest BCUT2D eigenvalue weighted by atomic mass is 10.1. The van der Waals surface area contributed by atoms with Crippen molar-refractivity contribution >= 4 is 5.97 Å². The summed E-state index contributed by atoms with van der Waals surface area (Å²) in [7, 11) is 0. The molecular weight excluding hydrogens is 211 g/mol. The Labute approximate surface area is 83.6 Å². The molecule has 0 aliphatic carbocycles. The lowest BCUT2D eigenvalue weighted by Crippen LogP contribution is -2.33. The highest BCUT2D eigenvalue weighted by molar-refractivity contribution is 5.73. The van der Waals surface area contributed by atoms with E-state index in [1.807, 2.05) is 0 Å². The largest absolute Gasteiger partial charge is 0.480 e. The minimum absolute atomic E-state index is 0.0507. The molecule has 15 heavy (non-hydrogen) atoms. The van der Waals surface area contributed by atoms with Gasteiger partial charge in [0.15, 0.2) is 6.04 Å². The molecular formula is C9H8F3NO2. The Balaban J connectivity index is 2.84. The van der Waals surface area contributed by atoms with E-state index in [0.29, 0.717) is 0 Å². The van der Waals surface area contributed by atoms with Crippen LogP contribution in [-0.4, -0.2) is 22.5 Å². The van der Waals surface area contributed by atoms with E-state index in [9.17, 15) is 18.1 Å². The normalized spacial score (nSPS) is 12.8. The van der Waals surface area contributed by atoms with Gasteiger partial charge in [0.2, 0.25) is 0 Å². The van der Waals surface area contributed by atoms with Gasteiger partial charge in [-0.1, -0.05) is 18.2 Å². The highest BCUT2D eigenvalue weighted by atomic mass is 19.4. The van der Waals surface area contributed by atoms with Gasteiger partial charge in [-0.2, -0.15) is 0 Å². The third kappa shape index (κ3) is 2.95. The van der Waals surface area contributed by atoms with Crippen molar-refractivity contribution in [3.63, 3.8) is 0 Å². The number of carbonyl (C=O) groups is 1. The minimum Gasteiger partial charge on any atom is -0.480 e. The smallest absolute Gasteiger partial charge is 0.326 e. The fourth-order valence-corrected chi connectivity index (χ4v) is 1.11. The second kappa shape index (κ2) is 4.79. The number of carboxylic acid groups (broad SMARTS) is 1. The Morgan fingerprint density at radius 1 is 1.40 bits per heavy atom. The predicted octanol–water partition coefficient (Wildman–Crippen LogP) is 1.89. The summed E-state index contributed by atoms with van der Waals surface area (Å²) in [5, 5.41) is 7.02. The summed E-state index contributed by atoms with van der Waals surface area (Å²) in [6.07, 6.45) is -0.574. The number of halogens is 3. The summed E-state index contributed by atoms with van der Waals surface area (Å²) in [4.78, 5) is 10.4. The summed E-state index contributed by atoms with van der Waals surface area (Å²) >= 11 is 0. The van der Waals surface area contributed by atoms with Gasteiger partial charge in [0.05, 0.1) is 0 Å². The SMILES string of the molecule is O=C(O)[C@@H](Cc1ccccc1F)N(F)F. The standard InChI is InChI=1S/C9H8F3NO2/c10-7-4-2-1-3-6(7)5-8(9(14)15)13(11)12/h1-4,8H,5H2,(H,14,15)/t8-/m1/s1. The summed E-state index contributed by atoms with van der Waals surface area (Å²) in [5.41, 5.74) is -0.0507. The first-order valence-electron chi connectivity index (χ1n) is 4.09. The molecule has 1 aromatic rings. The second-order valence-electron chi connectivity index (χ2n) is 2.91. The van der Waals surface area contributed by atoms with Gasteiger partial charge in [-0.3, -0.25) is 4.79 Å². The maximum atomic E-state index is 13.0. The first-order valence-corrected chi connectivity index (χ1v) is 4.09. The van der Waals surface area contributed by atoms with Gasteiger partial charge in [0, 0.05) is 11.8 Å². The molecule has 0 unspecified atom stereocenters. The van der Waals surface area contributed by atoms with Gasteiger partial charge >= 0.3 is 5.97 Å². The van der Waals surface area contributed by atoms with Gasteiger partial charge in [-0.05, 0) is 11.6 Å². The molecule has 0 amide bonds. The van der Waals surface area contributed by atoms with Crippen molar-refractivity contribution in [2.24, 2.45) is 0 Å². The van der Waals surface area contributed by atoms with E-state index >= 15 is 0 Å². The third-order valence-corrected chi connectivity index (χ3v) is 1.89. The zero-order valence-corrected chi connectivity index (χ0v) is 7.53. The van der Waals surface area contributed by atoms with E-state index in [-0.39, 0.29) is 5.56 Å². The monoisotopic (exact) mass is 219 g/mol. The van der Waals surface area contributed by atoms with Crippen LogP contribution in [0.15, 0.2) is 24.3 Å². The molecule has 1 rings (SSSR count). The zero-order chi connectivity index (χ0) is 11.4. The van der Waals surface area contributed by atoms with E-state index in [1.54, 1.807) is 0 Å². The van der Waals surface area contributed by atoms with Gasteiger partial charge in [0.25, 0.3) is 0 Å². The van der Waals surface area contributed by atoms with E-state index in [4.69, 9.17) is 5.11 Å². The molecule has 0 aliphatic heterocycles. The molecule has 0 fully saturated rings. The topological polar surface area (TPSA) is 40.5 Å². The van der Waals surface area contributed by atoms with Gasteiger partial charge in [-0.15, -0.1) is 8.96 Å². The van der Waals surface area contributed by atoms with Crippen LogP contribution < -0.4 is 0 Å². The Bertz CT molecular complexity index is 357. The summed E-state index contributed by atoms with van der Waals surface area (Å²) in [5.74, 6) is -2.38. The quantitative estimate of drug-likeness (QED) is 0.786. The average Bonchev–Trinajstić information content (AvgIpc) is 2.15. The van der Waals surface area contributed by atoms with Gasteiger partial charge in [0.1, 0.15) is 5.82 Å². The minimum atomic E-state index is -2.03. The lowest BCUT2D eigenvalue weighted by molar-refractivity contribution is -0.201. The highest BCUT2D eigenvalue weighted by Crippen LogP contribution is 2.13. The fraction of sp³-hybridized carbons (Fsp3) is 0.222. The number of carboxylic acids is 1. The van der Waals surface area contributed by atoms with E-state index < -0.39 is 29.6 Å². The molecule has 0 radical (unpaired) electrons.